The van der Waals surface area contributed by atoms with E-state index in [1.54, 1.807) is 0 Å². The zero-order chi connectivity index (χ0) is 14.0. The topological polar surface area (TPSA) is 20.3 Å². The molecule has 19 heavy (non-hydrogen) atoms. The highest BCUT2D eigenvalue weighted by Gasteiger charge is 2.29. The summed E-state index contributed by atoms with van der Waals surface area (Å²) in [7, 11) is 0. The maximum atomic E-state index is 12.2. The molecule has 2 rings (SSSR count). The summed E-state index contributed by atoms with van der Waals surface area (Å²) in [6.45, 7) is 0.131. The lowest BCUT2D eigenvalue weighted by molar-refractivity contribution is -0.135. The molecule has 1 aliphatic rings. The van der Waals surface area contributed by atoms with Crippen LogP contribution in [0.2, 0.25) is 0 Å². The lowest BCUT2D eigenvalue weighted by Gasteiger charge is -2.29. The monoisotopic (exact) mass is 383 g/mol. The Bertz CT molecular complexity index is 487. The average molecular weight is 383 g/mol. The Morgan fingerprint density at radius 1 is 1.26 bits per heavy atom. The van der Waals surface area contributed by atoms with Crippen molar-refractivity contribution >= 4 is 34.2 Å². The van der Waals surface area contributed by atoms with Crippen molar-refractivity contribution in [3.8, 4) is 0 Å². The molecule has 2 nitrogen and oxygen atoms in total. The summed E-state index contributed by atoms with van der Waals surface area (Å²) in [5.74, 6) is -0.0871. The molecule has 104 valence electrons. The molecule has 0 spiro atoms. The zero-order valence-corrected chi connectivity index (χ0v) is 12.3. The second kappa shape index (κ2) is 5.68. The van der Waals surface area contributed by atoms with Crippen molar-refractivity contribution in [3.05, 3.63) is 27.3 Å². The van der Waals surface area contributed by atoms with E-state index < -0.39 is 12.6 Å². The Kier molecular flexibility index (Phi) is 4.37. The van der Waals surface area contributed by atoms with Gasteiger partial charge in [-0.25, -0.2) is 0 Å². The minimum Gasteiger partial charge on any atom is -0.312 e. The fourth-order valence-corrected chi connectivity index (χ4v) is 2.77. The molecule has 6 heteroatoms. The maximum absolute atomic E-state index is 12.2. The Morgan fingerprint density at radius 3 is 2.68 bits per heavy atom. The van der Waals surface area contributed by atoms with Crippen molar-refractivity contribution in [2.24, 2.45) is 0 Å². The third-order valence-electron chi connectivity index (χ3n) is 3.08. The van der Waals surface area contributed by atoms with Gasteiger partial charge in [-0.15, -0.1) is 0 Å². The van der Waals surface area contributed by atoms with E-state index in [1.165, 1.54) is 4.90 Å². The second-order valence-corrected chi connectivity index (χ2v) is 5.78. The first-order valence-corrected chi connectivity index (χ1v) is 7.10. The van der Waals surface area contributed by atoms with Gasteiger partial charge in [0.25, 0.3) is 0 Å². The van der Waals surface area contributed by atoms with E-state index >= 15 is 0 Å². The van der Waals surface area contributed by atoms with Gasteiger partial charge in [0.15, 0.2) is 0 Å². The normalized spacial score (nSPS) is 15.6. The Hall–Kier alpha value is -0.790. The van der Waals surface area contributed by atoms with E-state index in [-0.39, 0.29) is 18.9 Å². The fourth-order valence-electron chi connectivity index (χ4n) is 2.21. The molecule has 0 N–H and O–H groups in total. The number of carbonyl (C=O) groups excluding carboxylic acids is 1. The molecule has 1 aromatic carbocycles. The Morgan fingerprint density at radius 2 is 2.00 bits per heavy atom. The number of hydrogen-bond donors (Lipinski definition) is 0. The van der Waals surface area contributed by atoms with Crippen molar-refractivity contribution in [2.75, 3.05) is 11.4 Å². The van der Waals surface area contributed by atoms with Gasteiger partial charge in [0.05, 0.1) is 0 Å². The van der Waals surface area contributed by atoms with Crippen LogP contribution in [-0.2, 0) is 11.2 Å². The smallest absolute Gasteiger partial charge is 0.312 e. The van der Waals surface area contributed by atoms with Crippen LogP contribution in [0.1, 0.15) is 24.8 Å². The number of rotatable bonds is 3. The predicted octanol–water partition coefficient (Wildman–Crippen LogP) is 3.91. The zero-order valence-electron chi connectivity index (χ0n) is 10.1. The highest BCUT2D eigenvalue weighted by Crippen LogP contribution is 2.30. The first-order chi connectivity index (χ1) is 8.87. The van der Waals surface area contributed by atoms with E-state index in [4.69, 9.17) is 0 Å². The molecule has 0 aliphatic carbocycles. The van der Waals surface area contributed by atoms with E-state index in [2.05, 4.69) is 22.6 Å². The van der Waals surface area contributed by atoms with Crippen LogP contribution in [0.15, 0.2) is 18.2 Å². The van der Waals surface area contributed by atoms with Gasteiger partial charge in [0, 0.05) is 28.6 Å². The van der Waals surface area contributed by atoms with Gasteiger partial charge in [-0.1, -0.05) is 0 Å². The SMILES string of the molecule is O=C1CCc2cc(I)ccc2N1CCCC(F)(F)F. The van der Waals surface area contributed by atoms with Crippen LogP contribution in [0.5, 0.6) is 0 Å². The highest BCUT2D eigenvalue weighted by molar-refractivity contribution is 14.1. The molecule has 1 heterocycles. The highest BCUT2D eigenvalue weighted by atomic mass is 127. The lowest BCUT2D eigenvalue weighted by atomic mass is 10.0. The largest absolute Gasteiger partial charge is 0.389 e. The van der Waals surface area contributed by atoms with Crippen LogP contribution < -0.4 is 4.90 Å². The quantitative estimate of drug-likeness (QED) is 0.725. The molecular formula is C13H13F3INO. The van der Waals surface area contributed by atoms with Crippen LogP contribution in [0, 0.1) is 3.57 Å². The van der Waals surface area contributed by atoms with Gasteiger partial charge in [-0.2, -0.15) is 13.2 Å². The number of nitrogens with zero attached hydrogens (tertiary/aromatic N) is 1. The number of hydrogen-bond acceptors (Lipinski definition) is 1. The van der Waals surface area contributed by atoms with Crippen LogP contribution in [0.4, 0.5) is 18.9 Å². The molecule has 0 bridgehead atoms. The van der Waals surface area contributed by atoms with Crippen LogP contribution in [0.25, 0.3) is 0 Å². The summed E-state index contributed by atoms with van der Waals surface area (Å²) in [5, 5.41) is 0. The van der Waals surface area contributed by atoms with E-state index in [0.29, 0.717) is 12.8 Å². The van der Waals surface area contributed by atoms with Crippen molar-refractivity contribution in [2.45, 2.75) is 31.9 Å². The standard InChI is InChI=1S/C13H13F3INO/c14-13(15,16)6-1-7-18-11-4-3-10(17)8-9(11)2-5-12(18)19/h3-4,8H,1-2,5-7H2. The van der Waals surface area contributed by atoms with E-state index in [0.717, 1.165) is 14.8 Å². The minimum atomic E-state index is -4.16. The van der Waals surface area contributed by atoms with E-state index in [1.807, 2.05) is 18.2 Å². The first-order valence-electron chi connectivity index (χ1n) is 6.02. The number of anilines is 1. The number of halogens is 4. The third kappa shape index (κ3) is 3.84. The van der Waals surface area contributed by atoms with Gasteiger partial charge >= 0.3 is 6.18 Å². The van der Waals surface area contributed by atoms with Gasteiger partial charge in [0.1, 0.15) is 0 Å². The van der Waals surface area contributed by atoms with Gasteiger partial charge in [-0.3, -0.25) is 4.79 Å². The third-order valence-corrected chi connectivity index (χ3v) is 3.75. The van der Waals surface area contributed by atoms with Gasteiger partial charge in [-0.05, 0) is 59.2 Å². The van der Waals surface area contributed by atoms with Crippen molar-refractivity contribution in [1.82, 2.24) is 0 Å². The van der Waals surface area contributed by atoms with Crippen LogP contribution >= 0.6 is 22.6 Å². The summed E-state index contributed by atoms with van der Waals surface area (Å²) in [4.78, 5) is 13.3. The maximum Gasteiger partial charge on any atom is 0.389 e. The number of fused-ring (bicyclic) bond motifs is 1. The Balaban J connectivity index is 2.10. The second-order valence-electron chi connectivity index (χ2n) is 4.54. The summed E-state index contributed by atoms with van der Waals surface area (Å²) in [5.41, 5.74) is 1.80. The average Bonchev–Trinajstić information content (AvgIpc) is 2.30. The Labute approximate surface area is 123 Å². The molecular weight excluding hydrogens is 370 g/mol. The molecule has 0 radical (unpaired) electrons. The van der Waals surface area contributed by atoms with Crippen molar-refractivity contribution in [1.29, 1.82) is 0 Å². The number of aryl methyl sites for hydroxylation is 1. The summed E-state index contributed by atoms with van der Waals surface area (Å²) in [6, 6.07) is 5.68. The van der Waals surface area contributed by atoms with Crippen molar-refractivity contribution < 1.29 is 18.0 Å². The van der Waals surface area contributed by atoms with Crippen LogP contribution in [-0.4, -0.2) is 18.6 Å². The van der Waals surface area contributed by atoms with Gasteiger partial charge < -0.3 is 4.90 Å². The number of benzene rings is 1. The molecule has 0 saturated heterocycles. The van der Waals surface area contributed by atoms with Gasteiger partial charge in [0.2, 0.25) is 5.91 Å². The molecule has 1 aliphatic heterocycles. The van der Waals surface area contributed by atoms with E-state index in [9.17, 15) is 18.0 Å². The first kappa shape index (κ1) is 14.6. The van der Waals surface area contributed by atoms with Crippen molar-refractivity contribution in [3.63, 3.8) is 0 Å². The molecule has 1 aromatic rings. The molecule has 1 amide bonds. The molecule has 0 saturated carbocycles. The molecule has 0 atom stereocenters. The molecule has 0 fully saturated rings. The number of carbonyl (C=O) groups is 1. The molecule has 0 unspecified atom stereocenters. The summed E-state index contributed by atoms with van der Waals surface area (Å²) < 4.78 is 37.5. The number of amides is 1. The lowest BCUT2D eigenvalue weighted by Crippen LogP contribution is -2.36. The predicted molar refractivity (Wildman–Crippen MR) is 75.1 cm³/mol. The fraction of sp³-hybridized carbons (Fsp3) is 0.462. The number of alkyl halides is 3. The van der Waals surface area contributed by atoms with Crippen LogP contribution in [0.3, 0.4) is 0 Å². The minimum absolute atomic E-state index is 0.0549. The molecule has 0 aromatic heterocycles. The summed E-state index contributed by atoms with van der Waals surface area (Å²) >= 11 is 2.19. The summed E-state index contributed by atoms with van der Waals surface area (Å²) in [6.07, 6.45) is -4.02.